The summed E-state index contributed by atoms with van der Waals surface area (Å²) >= 11 is 2.57. The van der Waals surface area contributed by atoms with Gasteiger partial charge < -0.3 is 126 Å². The monoisotopic (exact) mass is 2010 g/mol. The number of carbonyl (C=O) groups is 23. The number of piperidine rings is 1. The van der Waals surface area contributed by atoms with E-state index in [1.807, 2.05) is 0 Å². The number of benzene rings is 2. The Kier molecular flexibility index (Phi) is 48.4. The first-order valence-corrected chi connectivity index (χ1v) is 48.4. The Morgan fingerprint density at radius 1 is 0.493 bits per heavy atom. The Labute approximate surface area is 814 Å². The second-order valence-electron chi connectivity index (χ2n) is 34.3. The molecule has 2 aliphatic rings. The van der Waals surface area contributed by atoms with E-state index in [0.29, 0.717) is 29.3 Å². The molecule has 51 heteroatoms. The average Bonchev–Trinajstić information content (AvgIpc) is 1.60. The molecule has 772 valence electrons. The normalized spacial score (nSPS) is 16.5. The Bertz CT molecular complexity index is 4980. The molecule has 21 amide bonds. The molecule has 18 atom stereocenters. The fraction of sp³-hybridized carbons (Fsp3) is 0.584. The number of aliphatic carboxylic acids is 2. The third kappa shape index (κ3) is 36.4. The number of hydrogen-bond acceptors (Lipinski definition) is 29. The van der Waals surface area contributed by atoms with Crippen LogP contribution < -0.4 is 101 Å². The van der Waals surface area contributed by atoms with Crippen LogP contribution in [-0.4, -0.2) is 319 Å². The third-order valence-electron chi connectivity index (χ3n) is 22.9. The standard InChI is InChI=1S/C89H130N20O29S2/c1-12-43(5)70(84(131)101-56(35-48-38-93-51-22-17-16-20-49(48)51)78(125)94-45(7)73(120)96-53(29-32-139-10)76(123)98-54(30-33-140-11)77(124)97-52(25-27-63(90)113)75(122)102-58(89(136)137)36-64(91)114)108-85(132)71(44(6)13-2)107-82(129)60(40-111)103-74(121)46(8)95-79(126)57(37-68(118)119)100-80(127)55(34-42(3)4)99-81(128)59(39-110)104-86(133)72(47(9)112)105-65(115)24-15-14-18-31-92-67(117)41-138-62-23-19-21-50-69(62)88(135)109(87(50)134)61-26-28-66(116)106-83(61)130/h16-17,19-23,38,42-47,52-61,70-72,93,110-112H,12-15,18,24-37,39-41H2,1-11H3,(H2,90,113)(H2,91,114)(H,92,117)(H,94,125)(H,95,126)(H,96,120)(H,97,124)(H,98,123)(H,99,128)(H,100,127)(H,101,131)(H,102,122)(H,103,121)(H,104,133)(H,105,115)(H,107,129)(H,108,132)(H,118,119)(H,136,137)(H,106,116,130). The number of amides is 21. The Hall–Kier alpha value is -13.4. The van der Waals surface area contributed by atoms with E-state index in [4.69, 9.17) is 16.2 Å². The molecule has 3 heterocycles. The van der Waals surface area contributed by atoms with E-state index in [1.54, 1.807) is 84.5 Å². The molecule has 26 N–H and O–H groups in total. The van der Waals surface area contributed by atoms with Gasteiger partial charge in [0.15, 0.2) is 6.61 Å². The number of thioether (sulfide) groups is 2. The van der Waals surface area contributed by atoms with Gasteiger partial charge in [-0.25, -0.2) is 4.79 Å². The molecule has 2 aromatic carbocycles. The van der Waals surface area contributed by atoms with Gasteiger partial charge in [-0.3, -0.25) is 116 Å². The largest absolute Gasteiger partial charge is 0.483 e. The van der Waals surface area contributed by atoms with Crippen molar-refractivity contribution in [3.8, 4) is 5.75 Å². The zero-order valence-electron chi connectivity index (χ0n) is 79.6. The number of aliphatic hydroxyl groups excluding tert-OH is 3. The Morgan fingerprint density at radius 3 is 1.50 bits per heavy atom. The molecule has 0 aliphatic carbocycles. The number of carboxylic acid groups (broad SMARTS) is 2. The van der Waals surface area contributed by atoms with E-state index >= 15 is 0 Å². The number of primary amides is 2. The summed E-state index contributed by atoms with van der Waals surface area (Å²) in [6.45, 7) is 10.5. The van der Waals surface area contributed by atoms with Gasteiger partial charge in [-0.1, -0.05) is 85.1 Å². The zero-order valence-corrected chi connectivity index (χ0v) is 81.2. The number of carboxylic acids is 2. The van der Waals surface area contributed by atoms with Crippen molar-refractivity contribution < 1.29 is 141 Å². The van der Waals surface area contributed by atoms with E-state index < -0.39 is 296 Å². The van der Waals surface area contributed by atoms with E-state index in [1.165, 1.54) is 48.6 Å². The maximum Gasteiger partial charge on any atom is 0.326 e. The number of fused-ring (bicyclic) bond motifs is 2. The minimum Gasteiger partial charge on any atom is -0.483 e. The van der Waals surface area contributed by atoms with Crippen LogP contribution in [0.2, 0.25) is 0 Å². The maximum absolute atomic E-state index is 14.9. The van der Waals surface area contributed by atoms with E-state index in [2.05, 4.69) is 90.1 Å². The summed E-state index contributed by atoms with van der Waals surface area (Å²) in [5.74, 6) is -25.0. The number of carbonyl (C=O) groups excluding carboxylic acids is 21. The number of ether oxygens (including phenoxy) is 1. The van der Waals surface area contributed by atoms with Crippen molar-refractivity contribution in [2.24, 2.45) is 29.2 Å². The summed E-state index contributed by atoms with van der Waals surface area (Å²) in [5.41, 5.74) is 11.5. The minimum atomic E-state index is -2.01. The highest BCUT2D eigenvalue weighted by atomic mass is 32.2. The van der Waals surface area contributed by atoms with Crippen LogP contribution in [0.3, 0.4) is 0 Å². The number of imide groups is 2. The van der Waals surface area contributed by atoms with E-state index in [0.717, 1.165) is 18.7 Å². The minimum absolute atomic E-state index is 0.0438. The molecule has 1 fully saturated rings. The van der Waals surface area contributed by atoms with Gasteiger partial charge in [0.2, 0.25) is 106 Å². The van der Waals surface area contributed by atoms with Crippen LogP contribution >= 0.6 is 23.5 Å². The van der Waals surface area contributed by atoms with Crippen LogP contribution in [0.4, 0.5) is 0 Å². The predicted molar refractivity (Wildman–Crippen MR) is 503 cm³/mol. The van der Waals surface area contributed by atoms with Crippen LogP contribution in [-0.2, 0) is 107 Å². The van der Waals surface area contributed by atoms with E-state index in [9.17, 15) is 136 Å². The van der Waals surface area contributed by atoms with Gasteiger partial charge in [0.1, 0.15) is 96.4 Å². The predicted octanol–water partition coefficient (Wildman–Crippen LogP) is -5.60. The second-order valence-corrected chi connectivity index (χ2v) is 36.3. The lowest BCUT2D eigenvalue weighted by Crippen LogP contribution is -2.62. The highest BCUT2D eigenvalue weighted by Crippen LogP contribution is 2.34. The number of aromatic amines is 1. The SMILES string of the molecule is CCC(C)C(NC(=O)C(CO)NC(=O)C(C)NC(=O)C(CC(=O)O)NC(=O)C(CC(C)C)NC(=O)C(CO)NC(=O)C(NC(=O)CCCCCNC(=O)COc1cccc2c1C(=O)N(C1CCC(=O)NC1=O)C2=O)C(C)O)C(=O)NC(C(=O)NC(Cc1c[nH]c2ccccc12)C(=O)NC(C)C(=O)NC(CCSC)C(=O)NC(CCSC)C(=O)NC(CCC(N)=O)C(=O)NC(CC(N)=O)C(=O)O)C(C)CC. The molecular formula is C89H130N20O29S2. The number of aromatic nitrogens is 1. The number of nitrogens with zero attached hydrogens (tertiary/aromatic N) is 1. The van der Waals surface area contributed by atoms with Gasteiger partial charge in [0.25, 0.3) is 17.7 Å². The summed E-state index contributed by atoms with van der Waals surface area (Å²) in [7, 11) is 0. The summed E-state index contributed by atoms with van der Waals surface area (Å²) in [6, 6.07) is -13.2. The average molecular weight is 2010 g/mol. The zero-order chi connectivity index (χ0) is 105. The molecule has 0 saturated carbocycles. The van der Waals surface area contributed by atoms with Crippen molar-refractivity contribution >= 4 is 170 Å². The molecule has 0 radical (unpaired) electrons. The molecule has 1 aromatic heterocycles. The van der Waals surface area contributed by atoms with Crippen LogP contribution in [0, 0.1) is 17.8 Å². The molecule has 0 spiro atoms. The first-order chi connectivity index (χ1) is 66.1. The van der Waals surface area contributed by atoms with Gasteiger partial charge in [0, 0.05) is 49.3 Å². The van der Waals surface area contributed by atoms with Crippen LogP contribution in [0.15, 0.2) is 48.7 Å². The molecular weight excluding hydrogens is 1880 g/mol. The molecule has 18 unspecified atom stereocenters. The fourth-order valence-corrected chi connectivity index (χ4v) is 15.5. The summed E-state index contributed by atoms with van der Waals surface area (Å²) in [6.07, 6.45) is 0.882. The number of nitrogens with two attached hydrogens (primary N) is 2. The van der Waals surface area contributed by atoms with Crippen LogP contribution in [0.25, 0.3) is 10.9 Å². The number of rotatable bonds is 62. The smallest absolute Gasteiger partial charge is 0.326 e. The molecule has 5 rings (SSSR count). The number of nitrogens with one attached hydrogen (secondary N) is 17. The van der Waals surface area contributed by atoms with Gasteiger partial charge >= 0.3 is 11.9 Å². The molecule has 0 bridgehead atoms. The van der Waals surface area contributed by atoms with Gasteiger partial charge in [-0.05, 0) is 131 Å². The molecule has 140 heavy (non-hydrogen) atoms. The quantitative estimate of drug-likeness (QED) is 0.0185. The Morgan fingerprint density at radius 2 is 0.971 bits per heavy atom. The van der Waals surface area contributed by atoms with Crippen LogP contribution in [0.1, 0.15) is 185 Å². The van der Waals surface area contributed by atoms with Crippen molar-refractivity contribution in [2.45, 2.75) is 262 Å². The van der Waals surface area contributed by atoms with E-state index in [-0.39, 0.29) is 99.1 Å². The van der Waals surface area contributed by atoms with Gasteiger partial charge in [0.05, 0.1) is 43.3 Å². The lowest BCUT2D eigenvalue weighted by Gasteiger charge is -2.31. The van der Waals surface area contributed by atoms with Crippen molar-refractivity contribution in [3.63, 3.8) is 0 Å². The number of para-hydroxylation sites is 1. The van der Waals surface area contributed by atoms with Gasteiger partial charge in [-0.15, -0.1) is 0 Å². The molecule has 2 aliphatic heterocycles. The lowest BCUT2D eigenvalue weighted by atomic mass is 9.94. The molecule has 1 saturated heterocycles. The summed E-state index contributed by atoms with van der Waals surface area (Å²) in [5, 5.41) is 90.4. The van der Waals surface area contributed by atoms with Gasteiger partial charge in [-0.2, -0.15) is 23.5 Å². The second kappa shape index (κ2) is 57.8. The highest BCUT2D eigenvalue weighted by molar-refractivity contribution is 7.98. The lowest BCUT2D eigenvalue weighted by molar-refractivity contribution is -0.144. The number of unbranched alkanes of at least 4 members (excludes halogenated alkanes) is 2. The van der Waals surface area contributed by atoms with Crippen molar-refractivity contribution in [1.29, 1.82) is 0 Å². The van der Waals surface area contributed by atoms with Crippen LogP contribution in [0.5, 0.6) is 5.75 Å². The first-order valence-electron chi connectivity index (χ1n) is 45.6. The molecule has 49 nitrogen and oxygen atoms in total. The summed E-state index contributed by atoms with van der Waals surface area (Å²) in [4.78, 5) is 312. The number of aliphatic hydroxyl groups is 3. The highest BCUT2D eigenvalue weighted by Gasteiger charge is 2.47. The molecule has 3 aromatic rings. The number of hydrogen-bond donors (Lipinski definition) is 24. The maximum atomic E-state index is 14.9. The Balaban J connectivity index is 1.20. The van der Waals surface area contributed by atoms with Crippen molar-refractivity contribution in [1.82, 2.24) is 95.0 Å². The summed E-state index contributed by atoms with van der Waals surface area (Å²) < 4.78 is 5.60. The van der Waals surface area contributed by atoms with Crippen molar-refractivity contribution in [2.75, 3.05) is 50.4 Å². The fourth-order valence-electron chi connectivity index (χ4n) is 14.6. The first kappa shape index (κ1) is 117. The number of H-pyrrole nitrogens is 1. The topological polar surface area (TPSA) is 767 Å². The van der Waals surface area contributed by atoms with Crippen molar-refractivity contribution in [3.05, 3.63) is 65.4 Å². The third-order valence-corrected chi connectivity index (χ3v) is 24.2.